The Labute approximate surface area is 144 Å². The van der Waals surface area contributed by atoms with Crippen molar-refractivity contribution in [3.63, 3.8) is 0 Å². The number of carbonyl (C=O) groups is 1. The molecule has 24 heavy (non-hydrogen) atoms. The Morgan fingerprint density at radius 2 is 1.71 bits per heavy atom. The van der Waals surface area contributed by atoms with Crippen LogP contribution in [0.1, 0.15) is 37.7 Å². The van der Waals surface area contributed by atoms with Crippen LogP contribution in [0.5, 0.6) is 11.5 Å². The molecule has 1 saturated carbocycles. The Hall–Kier alpha value is -1.75. The molecular weight excluding hydrogens is 304 g/mol. The molecule has 1 amide bonds. The first-order valence-electron chi connectivity index (χ1n) is 8.93. The van der Waals surface area contributed by atoms with Gasteiger partial charge in [-0.3, -0.25) is 4.79 Å². The number of amides is 1. The lowest BCUT2D eigenvalue weighted by molar-refractivity contribution is -0.122. The molecule has 1 aromatic carbocycles. The van der Waals surface area contributed by atoms with E-state index in [0.29, 0.717) is 18.9 Å². The zero-order valence-electron chi connectivity index (χ0n) is 14.7. The Morgan fingerprint density at radius 3 is 2.25 bits per heavy atom. The largest absolute Gasteiger partial charge is 0.497 e. The summed E-state index contributed by atoms with van der Waals surface area (Å²) in [5, 5.41) is 3.20. The van der Waals surface area contributed by atoms with Crippen LogP contribution in [-0.2, 0) is 11.2 Å². The van der Waals surface area contributed by atoms with Crippen LogP contribution in [0, 0.1) is 0 Å². The molecule has 1 aromatic rings. The molecule has 1 saturated heterocycles. The summed E-state index contributed by atoms with van der Waals surface area (Å²) in [5.41, 5.74) is 1.06. The van der Waals surface area contributed by atoms with E-state index < -0.39 is 0 Å². The molecule has 2 aliphatic rings. The zero-order chi connectivity index (χ0) is 16.9. The second-order valence-corrected chi connectivity index (χ2v) is 6.83. The average molecular weight is 332 g/mol. The molecule has 5 heteroatoms. The number of methoxy groups -OCH3 is 2. The summed E-state index contributed by atoms with van der Waals surface area (Å²) >= 11 is 0. The van der Waals surface area contributed by atoms with Gasteiger partial charge in [-0.05, 0) is 49.8 Å². The van der Waals surface area contributed by atoms with Gasteiger partial charge >= 0.3 is 0 Å². The highest BCUT2D eigenvalue weighted by Gasteiger charge is 2.31. The summed E-state index contributed by atoms with van der Waals surface area (Å²) in [6.45, 7) is 2.26. The van der Waals surface area contributed by atoms with Gasteiger partial charge in [-0.25, -0.2) is 0 Å². The number of carbonyl (C=O) groups excluding carboxylic acids is 1. The molecule has 1 N–H and O–H groups in total. The third-order valence-electron chi connectivity index (χ3n) is 5.01. The molecule has 1 heterocycles. The van der Waals surface area contributed by atoms with E-state index in [0.717, 1.165) is 49.0 Å². The first-order chi connectivity index (χ1) is 11.7. The maximum Gasteiger partial charge on any atom is 0.220 e. The van der Waals surface area contributed by atoms with Crippen LogP contribution in [0.4, 0.5) is 0 Å². The number of hydrogen-bond donors (Lipinski definition) is 1. The molecule has 0 atom stereocenters. The van der Waals surface area contributed by atoms with Crippen LogP contribution < -0.4 is 14.8 Å². The lowest BCUT2D eigenvalue weighted by atomic mass is 10.0. The highest BCUT2D eigenvalue weighted by molar-refractivity contribution is 5.76. The fourth-order valence-electron chi connectivity index (χ4n) is 3.42. The summed E-state index contributed by atoms with van der Waals surface area (Å²) in [6, 6.07) is 6.95. The summed E-state index contributed by atoms with van der Waals surface area (Å²) in [5.74, 6) is 1.66. The minimum atomic E-state index is 0.140. The van der Waals surface area contributed by atoms with E-state index in [1.807, 2.05) is 18.2 Å². The van der Waals surface area contributed by atoms with Gasteiger partial charge in [-0.2, -0.15) is 0 Å². The third kappa shape index (κ3) is 4.63. The second kappa shape index (κ2) is 7.88. The van der Waals surface area contributed by atoms with Crippen LogP contribution in [0.2, 0.25) is 0 Å². The fraction of sp³-hybridized carbons (Fsp3) is 0.632. The van der Waals surface area contributed by atoms with Gasteiger partial charge in [0.1, 0.15) is 11.5 Å². The van der Waals surface area contributed by atoms with Crippen LogP contribution in [-0.4, -0.2) is 50.2 Å². The third-order valence-corrected chi connectivity index (χ3v) is 5.01. The maximum atomic E-state index is 12.2. The summed E-state index contributed by atoms with van der Waals surface area (Å²) < 4.78 is 10.5. The van der Waals surface area contributed by atoms with E-state index in [1.54, 1.807) is 14.2 Å². The smallest absolute Gasteiger partial charge is 0.220 e. The topological polar surface area (TPSA) is 50.8 Å². The van der Waals surface area contributed by atoms with Crippen LogP contribution in [0.15, 0.2) is 18.2 Å². The molecule has 1 aliphatic carbocycles. The number of benzene rings is 1. The van der Waals surface area contributed by atoms with E-state index in [-0.39, 0.29) is 5.91 Å². The van der Waals surface area contributed by atoms with Crippen molar-refractivity contribution in [2.45, 2.75) is 50.6 Å². The monoisotopic (exact) mass is 332 g/mol. The fourth-order valence-corrected chi connectivity index (χ4v) is 3.42. The number of likely N-dealkylation sites (tertiary alicyclic amines) is 1. The maximum absolute atomic E-state index is 12.2. The standard InChI is InChI=1S/C19H28N2O3/c1-23-17-11-14(12-18(13-17)24-2)3-6-19(22)20-15-7-9-21(10-8-15)16-4-5-16/h11-13,15-16H,3-10H2,1-2H3,(H,20,22). The van der Waals surface area contributed by atoms with Gasteiger partial charge in [-0.15, -0.1) is 0 Å². The normalized spacial score (nSPS) is 19.1. The zero-order valence-corrected chi connectivity index (χ0v) is 14.7. The van der Waals surface area contributed by atoms with Crippen molar-refractivity contribution in [1.82, 2.24) is 10.2 Å². The van der Waals surface area contributed by atoms with Crippen molar-refractivity contribution in [2.75, 3.05) is 27.3 Å². The van der Waals surface area contributed by atoms with E-state index in [2.05, 4.69) is 10.2 Å². The number of nitrogens with zero attached hydrogens (tertiary/aromatic N) is 1. The average Bonchev–Trinajstić information content (AvgIpc) is 3.45. The van der Waals surface area contributed by atoms with E-state index in [9.17, 15) is 4.79 Å². The quantitative estimate of drug-likeness (QED) is 0.833. The summed E-state index contributed by atoms with van der Waals surface area (Å²) in [6.07, 6.45) is 6.08. The number of ether oxygens (including phenoxy) is 2. The van der Waals surface area contributed by atoms with E-state index in [1.165, 1.54) is 12.8 Å². The van der Waals surface area contributed by atoms with Crippen molar-refractivity contribution in [1.29, 1.82) is 0 Å². The second-order valence-electron chi connectivity index (χ2n) is 6.83. The number of rotatable bonds is 7. The lowest BCUT2D eigenvalue weighted by Gasteiger charge is -2.32. The molecule has 0 radical (unpaired) electrons. The minimum Gasteiger partial charge on any atom is -0.497 e. The van der Waals surface area contributed by atoms with Crippen molar-refractivity contribution in [3.8, 4) is 11.5 Å². The Balaban J connectivity index is 1.44. The molecule has 0 aromatic heterocycles. The Bertz CT molecular complexity index is 541. The number of piperidine rings is 1. The van der Waals surface area contributed by atoms with Crippen LogP contribution >= 0.6 is 0 Å². The molecule has 0 spiro atoms. The Kier molecular flexibility index (Phi) is 5.61. The molecular formula is C19H28N2O3. The molecule has 3 rings (SSSR count). The van der Waals surface area contributed by atoms with Crippen molar-refractivity contribution in [2.24, 2.45) is 0 Å². The van der Waals surface area contributed by atoms with Gasteiger partial charge in [-0.1, -0.05) is 0 Å². The number of hydrogen-bond acceptors (Lipinski definition) is 4. The number of nitrogens with one attached hydrogen (secondary N) is 1. The molecule has 132 valence electrons. The van der Waals surface area contributed by atoms with Crippen molar-refractivity contribution >= 4 is 5.91 Å². The van der Waals surface area contributed by atoms with Crippen LogP contribution in [0.3, 0.4) is 0 Å². The van der Waals surface area contributed by atoms with Crippen LogP contribution in [0.25, 0.3) is 0 Å². The van der Waals surface area contributed by atoms with Gasteiger partial charge in [0.05, 0.1) is 14.2 Å². The van der Waals surface area contributed by atoms with E-state index >= 15 is 0 Å². The Morgan fingerprint density at radius 1 is 1.08 bits per heavy atom. The molecule has 5 nitrogen and oxygen atoms in total. The first-order valence-corrected chi connectivity index (χ1v) is 8.93. The van der Waals surface area contributed by atoms with Gasteiger partial charge in [0.2, 0.25) is 5.91 Å². The van der Waals surface area contributed by atoms with Gasteiger partial charge in [0.25, 0.3) is 0 Å². The highest BCUT2D eigenvalue weighted by atomic mass is 16.5. The summed E-state index contributed by atoms with van der Waals surface area (Å²) in [7, 11) is 3.28. The number of aryl methyl sites for hydroxylation is 1. The molecule has 2 fully saturated rings. The highest BCUT2D eigenvalue weighted by Crippen LogP contribution is 2.29. The van der Waals surface area contributed by atoms with E-state index in [4.69, 9.17) is 9.47 Å². The predicted octanol–water partition coefficient (Wildman–Crippen LogP) is 2.38. The van der Waals surface area contributed by atoms with Crippen molar-refractivity contribution < 1.29 is 14.3 Å². The lowest BCUT2D eigenvalue weighted by Crippen LogP contribution is -2.45. The minimum absolute atomic E-state index is 0.140. The first kappa shape index (κ1) is 17.1. The SMILES string of the molecule is COc1cc(CCC(=O)NC2CCN(C3CC3)CC2)cc(OC)c1. The molecule has 0 unspecified atom stereocenters. The predicted molar refractivity (Wildman–Crippen MR) is 93.6 cm³/mol. The van der Waals surface area contributed by atoms with Crippen molar-refractivity contribution in [3.05, 3.63) is 23.8 Å². The molecule has 0 bridgehead atoms. The summed E-state index contributed by atoms with van der Waals surface area (Å²) in [4.78, 5) is 14.8. The van der Waals surface area contributed by atoms with Gasteiger partial charge < -0.3 is 19.7 Å². The molecule has 1 aliphatic heterocycles. The van der Waals surface area contributed by atoms with Gasteiger partial charge in [0.15, 0.2) is 0 Å². The van der Waals surface area contributed by atoms with Gasteiger partial charge in [0, 0.05) is 37.7 Å².